The molecule has 2 aromatic rings. The van der Waals surface area contributed by atoms with Gasteiger partial charge in [0.1, 0.15) is 0 Å². The molecule has 0 unspecified atom stereocenters. The van der Waals surface area contributed by atoms with E-state index in [2.05, 4.69) is 9.97 Å². The van der Waals surface area contributed by atoms with Crippen LogP contribution in [0.2, 0.25) is 5.02 Å². The van der Waals surface area contributed by atoms with Gasteiger partial charge in [-0.05, 0) is 18.2 Å². The quantitative estimate of drug-likeness (QED) is 0.499. The largest absolute Gasteiger partial charge is 1.00 e. The van der Waals surface area contributed by atoms with Crippen molar-refractivity contribution >= 4 is 22.6 Å². The van der Waals surface area contributed by atoms with Crippen molar-refractivity contribution in [3.63, 3.8) is 0 Å². The molecule has 0 radical (unpaired) electrons. The van der Waals surface area contributed by atoms with Crippen LogP contribution in [0.4, 0.5) is 0 Å². The van der Waals surface area contributed by atoms with Crippen LogP contribution in [0.3, 0.4) is 0 Å². The summed E-state index contributed by atoms with van der Waals surface area (Å²) in [4.78, 5) is 7.62. The number of benzene rings is 1. The van der Waals surface area contributed by atoms with Gasteiger partial charge in [-0.2, -0.15) is 0 Å². The van der Waals surface area contributed by atoms with E-state index in [-0.39, 0.29) is 57.3 Å². The van der Waals surface area contributed by atoms with Crippen molar-refractivity contribution < 1.29 is 56.5 Å². The second-order valence-electron chi connectivity index (χ2n) is 2.34. The molecular formula is C8H4ClKN2O. The number of fused-ring (bicyclic) bond motifs is 1. The third-order valence-electron chi connectivity index (χ3n) is 1.48. The minimum atomic E-state index is -0.329. The Bertz CT molecular complexity index is 394. The molecule has 60 valence electrons. The Morgan fingerprint density at radius 1 is 1.23 bits per heavy atom. The summed E-state index contributed by atoms with van der Waals surface area (Å²) in [6.45, 7) is 0. The van der Waals surface area contributed by atoms with Crippen molar-refractivity contribution in [3.05, 3.63) is 29.4 Å². The summed E-state index contributed by atoms with van der Waals surface area (Å²) < 4.78 is 0. The molecule has 0 atom stereocenters. The Kier molecular flexibility index (Phi) is 4.09. The van der Waals surface area contributed by atoms with Crippen molar-refractivity contribution in [1.29, 1.82) is 0 Å². The second-order valence-corrected chi connectivity index (χ2v) is 2.78. The van der Waals surface area contributed by atoms with Crippen LogP contribution in [0.15, 0.2) is 24.4 Å². The fourth-order valence-electron chi connectivity index (χ4n) is 0.967. The van der Waals surface area contributed by atoms with Gasteiger partial charge in [-0.25, -0.2) is 0 Å². The van der Waals surface area contributed by atoms with E-state index in [1.807, 2.05) is 0 Å². The SMILES string of the molecule is [K+].[O-]c1cnc2cc(Cl)ccc2n1. The fourth-order valence-corrected chi connectivity index (χ4v) is 1.13. The van der Waals surface area contributed by atoms with E-state index in [0.717, 1.165) is 0 Å². The number of halogens is 1. The van der Waals surface area contributed by atoms with Gasteiger partial charge in [0.25, 0.3) is 0 Å². The van der Waals surface area contributed by atoms with E-state index < -0.39 is 0 Å². The average Bonchev–Trinajstić information content (AvgIpc) is 2.05. The minimum absolute atomic E-state index is 0. The zero-order chi connectivity index (χ0) is 8.55. The second kappa shape index (κ2) is 4.68. The number of aromatic nitrogens is 2. The molecule has 1 heterocycles. The summed E-state index contributed by atoms with van der Waals surface area (Å²) in [5, 5.41) is 11.4. The smallest absolute Gasteiger partial charge is 0.858 e. The van der Waals surface area contributed by atoms with Crippen LogP contribution >= 0.6 is 11.6 Å². The van der Waals surface area contributed by atoms with Gasteiger partial charge in [0, 0.05) is 17.1 Å². The molecule has 0 bridgehead atoms. The molecule has 0 saturated carbocycles. The molecular weight excluding hydrogens is 215 g/mol. The molecule has 2 rings (SSSR count). The van der Waals surface area contributed by atoms with Gasteiger partial charge >= 0.3 is 51.4 Å². The third-order valence-corrected chi connectivity index (χ3v) is 1.72. The first-order valence-electron chi connectivity index (χ1n) is 3.35. The maximum Gasteiger partial charge on any atom is 1.00 e. The number of hydrogen-bond donors (Lipinski definition) is 0. The Morgan fingerprint density at radius 2 is 2.00 bits per heavy atom. The standard InChI is InChI=1S/C8H5ClN2O.K/c9-5-1-2-6-7(3-5)10-4-8(12)11-6;/h1-4H,(H,11,12);/q;+1/p-1. The Balaban J connectivity index is 0.000000845. The van der Waals surface area contributed by atoms with Crippen LogP contribution in [0.1, 0.15) is 0 Å². The van der Waals surface area contributed by atoms with Gasteiger partial charge in [0.15, 0.2) is 0 Å². The van der Waals surface area contributed by atoms with Crippen LogP contribution in [-0.4, -0.2) is 9.97 Å². The zero-order valence-electron chi connectivity index (χ0n) is 6.99. The fraction of sp³-hybridized carbons (Fsp3) is 0. The molecule has 1 aromatic carbocycles. The predicted molar refractivity (Wildman–Crippen MR) is 44.0 cm³/mol. The first kappa shape index (κ1) is 11.4. The minimum Gasteiger partial charge on any atom is -0.858 e. The summed E-state index contributed by atoms with van der Waals surface area (Å²) in [7, 11) is 0. The molecule has 0 saturated heterocycles. The van der Waals surface area contributed by atoms with Gasteiger partial charge in [-0.1, -0.05) is 11.6 Å². The van der Waals surface area contributed by atoms with Crippen LogP contribution in [-0.2, 0) is 0 Å². The van der Waals surface area contributed by atoms with Crippen molar-refractivity contribution in [2.24, 2.45) is 0 Å². The monoisotopic (exact) mass is 218 g/mol. The molecule has 0 aliphatic carbocycles. The van der Waals surface area contributed by atoms with Gasteiger partial charge in [0.2, 0.25) is 0 Å². The van der Waals surface area contributed by atoms with Crippen LogP contribution in [0, 0.1) is 0 Å². The maximum absolute atomic E-state index is 10.8. The summed E-state index contributed by atoms with van der Waals surface area (Å²) in [5.74, 6) is -0.329. The first-order chi connectivity index (χ1) is 5.75. The van der Waals surface area contributed by atoms with Crippen LogP contribution in [0.25, 0.3) is 11.0 Å². The third kappa shape index (κ3) is 2.62. The van der Waals surface area contributed by atoms with Gasteiger partial charge in [-0.15, -0.1) is 0 Å². The summed E-state index contributed by atoms with van der Waals surface area (Å²) in [6.07, 6.45) is 1.18. The van der Waals surface area contributed by atoms with Crippen molar-refractivity contribution in [2.75, 3.05) is 0 Å². The van der Waals surface area contributed by atoms with E-state index >= 15 is 0 Å². The Labute approximate surface area is 123 Å². The van der Waals surface area contributed by atoms with Crippen molar-refractivity contribution in [3.8, 4) is 5.88 Å². The molecule has 0 aliphatic heterocycles. The van der Waals surface area contributed by atoms with E-state index in [1.54, 1.807) is 18.2 Å². The molecule has 0 aliphatic rings. The van der Waals surface area contributed by atoms with E-state index in [4.69, 9.17) is 11.6 Å². The van der Waals surface area contributed by atoms with E-state index in [9.17, 15) is 5.11 Å². The topological polar surface area (TPSA) is 48.8 Å². The summed E-state index contributed by atoms with van der Waals surface area (Å²) >= 11 is 5.71. The molecule has 3 nitrogen and oxygen atoms in total. The average molecular weight is 219 g/mol. The van der Waals surface area contributed by atoms with Crippen molar-refractivity contribution in [1.82, 2.24) is 9.97 Å². The van der Waals surface area contributed by atoms with E-state index in [1.165, 1.54) is 6.20 Å². The van der Waals surface area contributed by atoms with Crippen LogP contribution in [0.5, 0.6) is 5.88 Å². The molecule has 5 heteroatoms. The summed E-state index contributed by atoms with van der Waals surface area (Å²) in [6, 6.07) is 5.02. The van der Waals surface area contributed by atoms with Crippen LogP contribution < -0.4 is 56.5 Å². The first-order valence-corrected chi connectivity index (χ1v) is 3.73. The molecule has 13 heavy (non-hydrogen) atoms. The maximum atomic E-state index is 10.8. The predicted octanol–water partition coefficient (Wildman–Crippen LogP) is -1.64. The number of hydrogen-bond acceptors (Lipinski definition) is 3. The Hall–Kier alpha value is 0.286. The molecule has 0 spiro atoms. The zero-order valence-corrected chi connectivity index (χ0v) is 10.9. The number of nitrogens with zero attached hydrogens (tertiary/aromatic N) is 2. The number of rotatable bonds is 0. The normalized spacial score (nSPS) is 9.62. The molecule has 0 N–H and O–H groups in total. The van der Waals surface area contributed by atoms with E-state index in [0.29, 0.717) is 16.1 Å². The van der Waals surface area contributed by atoms with Gasteiger partial charge < -0.3 is 5.11 Å². The Morgan fingerprint density at radius 3 is 2.77 bits per heavy atom. The molecule has 0 fully saturated rings. The van der Waals surface area contributed by atoms with Gasteiger partial charge in [-0.3, -0.25) is 9.97 Å². The van der Waals surface area contributed by atoms with Crippen molar-refractivity contribution in [2.45, 2.75) is 0 Å². The summed E-state index contributed by atoms with van der Waals surface area (Å²) in [5.41, 5.74) is 1.22. The molecule has 1 aromatic heterocycles. The molecule has 0 amide bonds. The van der Waals surface area contributed by atoms with Gasteiger partial charge in [0.05, 0.1) is 11.0 Å².